The van der Waals surface area contributed by atoms with Crippen LogP contribution in [0.25, 0.3) is 0 Å². The topological polar surface area (TPSA) is 37.3 Å². The maximum absolute atomic E-state index is 12.8. The molecule has 5 unspecified atom stereocenters. The number of aliphatic carboxylic acids is 1. The fourth-order valence-corrected chi connectivity index (χ4v) is 1.34. The van der Waals surface area contributed by atoms with Gasteiger partial charge in [0.15, 0.2) is 12.3 Å². The van der Waals surface area contributed by atoms with Crippen molar-refractivity contribution in [3.05, 3.63) is 0 Å². The molecule has 0 heterocycles. The van der Waals surface area contributed by atoms with E-state index in [4.69, 9.17) is 5.11 Å². The van der Waals surface area contributed by atoms with Gasteiger partial charge in [-0.05, 0) is 6.42 Å². The Morgan fingerprint density at radius 3 is 2.08 bits per heavy atom. The Morgan fingerprint density at radius 2 is 1.62 bits per heavy atom. The van der Waals surface area contributed by atoms with E-state index in [0.29, 0.717) is 0 Å². The normalized spacial score (nSPS) is 46.0. The molecular weight excluding hydrogens is 192 g/mol. The largest absolute Gasteiger partial charge is 0.481 e. The summed E-state index contributed by atoms with van der Waals surface area (Å²) in [5.41, 5.74) is 0. The van der Waals surface area contributed by atoms with Crippen molar-refractivity contribution in [1.82, 2.24) is 0 Å². The van der Waals surface area contributed by atoms with Crippen LogP contribution < -0.4 is 0 Å². The third kappa shape index (κ3) is 1.76. The zero-order valence-corrected chi connectivity index (χ0v) is 6.46. The minimum absolute atomic E-state index is 0.807. The van der Waals surface area contributed by atoms with Gasteiger partial charge >= 0.3 is 5.97 Å². The van der Waals surface area contributed by atoms with Crippen LogP contribution in [-0.2, 0) is 4.79 Å². The molecule has 0 aromatic heterocycles. The molecule has 1 fully saturated rings. The monoisotopic (exact) mass is 200 g/mol. The third-order valence-electron chi connectivity index (χ3n) is 2.13. The summed E-state index contributed by atoms with van der Waals surface area (Å²) in [6, 6.07) is 0. The first-order valence-corrected chi connectivity index (χ1v) is 3.74. The number of hydrogen-bond acceptors (Lipinski definition) is 1. The van der Waals surface area contributed by atoms with E-state index in [0.717, 1.165) is 0 Å². The Bertz CT molecular complexity index is 211. The first-order valence-electron chi connectivity index (χ1n) is 3.74. The van der Waals surface area contributed by atoms with Crippen molar-refractivity contribution in [2.24, 2.45) is 5.92 Å². The number of carboxylic acids is 1. The number of alkyl halides is 4. The van der Waals surface area contributed by atoms with Gasteiger partial charge < -0.3 is 5.11 Å². The third-order valence-corrected chi connectivity index (χ3v) is 2.13. The molecule has 1 N–H and O–H groups in total. The summed E-state index contributed by atoms with van der Waals surface area (Å²) in [7, 11) is 0. The van der Waals surface area contributed by atoms with Gasteiger partial charge in [-0.1, -0.05) is 0 Å². The van der Waals surface area contributed by atoms with E-state index < -0.39 is 43.0 Å². The molecule has 6 heteroatoms. The summed E-state index contributed by atoms with van der Waals surface area (Å²) in [6.07, 6.45) is -10.7. The van der Waals surface area contributed by atoms with Crippen LogP contribution >= 0.6 is 0 Å². The van der Waals surface area contributed by atoms with Crippen LogP contribution in [-0.4, -0.2) is 35.8 Å². The maximum atomic E-state index is 12.8. The highest BCUT2D eigenvalue weighted by Crippen LogP contribution is 2.33. The predicted octanol–water partition coefficient (Wildman–Crippen LogP) is 1.44. The zero-order valence-electron chi connectivity index (χ0n) is 6.46. The van der Waals surface area contributed by atoms with Crippen molar-refractivity contribution < 1.29 is 27.5 Å². The Morgan fingerprint density at radius 1 is 1.08 bits per heavy atom. The molecule has 1 rings (SSSR count). The van der Waals surface area contributed by atoms with Crippen LogP contribution in [0.5, 0.6) is 0 Å². The molecule has 76 valence electrons. The van der Waals surface area contributed by atoms with Crippen LogP contribution in [0.4, 0.5) is 17.6 Å². The second-order valence-electron chi connectivity index (χ2n) is 3.03. The summed E-state index contributed by atoms with van der Waals surface area (Å²) in [6.45, 7) is 0. The fourth-order valence-electron chi connectivity index (χ4n) is 1.34. The zero-order chi connectivity index (χ0) is 10.2. The molecule has 0 aliphatic heterocycles. The fraction of sp³-hybridized carbons (Fsp3) is 0.857. The maximum Gasteiger partial charge on any atom is 0.309 e. The average molecular weight is 200 g/mol. The lowest BCUT2D eigenvalue weighted by atomic mass is 9.84. The second kappa shape index (κ2) is 3.51. The highest BCUT2D eigenvalue weighted by molar-refractivity contribution is 5.71. The quantitative estimate of drug-likeness (QED) is 0.650. The Balaban J connectivity index is 2.76. The van der Waals surface area contributed by atoms with E-state index in [2.05, 4.69) is 0 Å². The first kappa shape index (κ1) is 10.3. The van der Waals surface area contributed by atoms with Gasteiger partial charge in [0, 0.05) is 0 Å². The second-order valence-corrected chi connectivity index (χ2v) is 3.03. The van der Waals surface area contributed by atoms with Crippen LogP contribution in [0.1, 0.15) is 6.42 Å². The number of carboxylic acid groups (broad SMARTS) is 1. The van der Waals surface area contributed by atoms with Gasteiger partial charge in [0.25, 0.3) is 0 Å². The Hall–Kier alpha value is -0.810. The minimum Gasteiger partial charge on any atom is -0.481 e. The molecule has 13 heavy (non-hydrogen) atoms. The first-order chi connectivity index (χ1) is 5.95. The summed E-state index contributed by atoms with van der Waals surface area (Å²) in [5.74, 6) is -3.42. The molecule has 1 aliphatic rings. The van der Waals surface area contributed by atoms with Crippen LogP contribution in [0.15, 0.2) is 0 Å². The number of carbonyl (C=O) groups is 1. The summed E-state index contributed by atoms with van der Waals surface area (Å²) in [4.78, 5) is 10.3. The molecule has 0 amide bonds. The molecule has 0 aromatic carbocycles. The molecule has 0 radical (unpaired) electrons. The lowest BCUT2D eigenvalue weighted by Crippen LogP contribution is -2.48. The standard InChI is InChI=1S/C7H8F4O2/c8-3-1-2(7(12)13)4(9)6(11)5(3)10/h2-6H,1H2,(H,12,13). The lowest BCUT2D eigenvalue weighted by molar-refractivity contribution is -0.151. The van der Waals surface area contributed by atoms with Gasteiger partial charge in [0.2, 0.25) is 0 Å². The van der Waals surface area contributed by atoms with E-state index in [1.54, 1.807) is 0 Å². The molecular formula is C7H8F4O2. The highest BCUT2D eigenvalue weighted by Gasteiger charge is 2.49. The SMILES string of the molecule is O=C(O)C1CC(F)C(F)C(F)C1F. The Kier molecular flexibility index (Phi) is 2.77. The van der Waals surface area contributed by atoms with Gasteiger partial charge in [-0.15, -0.1) is 0 Å². The van der Waals surface area contributed by atoms with E-state index in [-0.39, 0.29) is 0 Å². The van der Waals surface area contributed by atoms with E-state index >= 15 is 0 Å². The summed E-state index contributed by atoms with van der Waals surface area (Å²) in [5, 5.41) is 8.33. The molecule has 1 saturated carbocycles. The lowest BCUT2D eigenvalue weighted by Gasteiger charge is -2.30. The molecule has 5 atom stereocenters. The summed E-state index contributed by atoms with van der Waals surface area (Å²) < 4.78 is 50.4. The number of rotatable bonds is 1. The van der Waals surface area contributed by atoms with Gasteiger partial charge in [-0.3, -0.25) is 4.79 Å². The summed E-state index contributed by atoms with van der Waals surface area (Å²) >= 11 is 0. The minimum atomic E-state index is -2.68. The predicted molar refractivity (Wildman–Crippen MR) is 35.3 cm³/mol. The van der Waals surface area contributed by atoms with Crippen molar-refractivity contribution in [2.45, 2.75) is 31.1 Å². The Labute approximate surface area is 71.5 Å². The van der Waals surface area contributed by atoms with E-state index in [9.17, 15) is 22.4 Å². The van der Waals surface area contributed by atoms with Gasteiger partial charge in [-0.25, -0.2) is 17.6 Å². The van der Waals surface area contributed by atoms with Crippen molar-refractivity contribution in [2.75, 3.05) is 0 Å². The van der Waals surface area contributed by atoms with Crippen molar-refractivity contribution in [1.29, 1.82) is 0 Å². The van der Waals surface area contributed by atoms with Gasteiger partial charge in [-0.2, -0.15) is 0 Å². The molecule has 0 saturated heterocycles. The van der Waals surface area contributed by atoms with Crippen molar-refractivity contribution >= 4 is 5.97 Å². The molecule has 2 nitrogen and oxygen atoms in total. The van der Waals surface area contributed by atoms with Crippen molar-refractivity contribution in [3.8, 4) is 0 Å². The molecule has 0 aromatic rings. The van der Waals surface area contributed by atoms with Crippen molar-refractivity contribution in [3.63, 3.8) is 0 Å². The molecule has 0 spiro atoms. The number of hydrogen-bond donors (Lipinski definition) is 1. The van der Waals surface area contributed by atoms with Gasteiger partial charge in [0.05, 0.1) is 5.92 Å². The number of halogens is 4. The average Bonchev–Trinajstić information content (AvgIpc) is 2.07. The molecule has 0 bridgehead atoms. The van der Waals surface area contributed by atoms with E-state index in [1.165, 1.54) is 0 Å². The highest BCUT2D eigenvalue weighted by atomic mass is 19.2. The van der Waals surface area contributed by atoms with Gasteiger partial charge in [0.1, 0.15) is 12.3 Å². The van der Waals surface area contributed by atoms with Crippen LogP contribution in [0, 0.1) is 5.92 Å². The van der Waals surface area contributed by atoms with Crippen LogP contribution in [0.2, 0.25) is 0 Å². The van der Waals surface area contributed by atoms with Crippen LogP contribution in [0.3, 0.4) is 0 Å². The smallest absolute Gasteiger partial charge is 0.309 e. The molecule has 1 aliphatic carbocycles. The van der Waals surface area contributed by atoms with E-state index in [1.807, 2.05) is 0 Å².